The number of carbonyl (C=O) groups is 1. The molecule has 1 saturated heterocycles. The van der Waals surface area contributed by atoms with E-state index in [0.717, 1.165) is 19.4 Å². The van der Waals surface area contributed by atoms with Crippen LogP contribution in [-0.2, 0) is 11.3 Å². The van der Waals surface area contributed by atoms with Crippen LogP contribution in [0.1, 0.15) is 24.6 Å². The zero-order valence-corrected chi connectivity index (χ0v) is 15.5. The molecule has 1 amide bonds. The molecular weight excluding hydrogens is 358 g/mol. The van der Waals surface area contributed by atoms with E-state index >= 15 is 0 Å². The van der Waals surface area contributed by atoms with Crippen LogP contribution in [0.5, 0.6) is 11.5 Å². The van der Waals surface area contributed by atoms with Gasteiger partial charge in [-0.25, -0.2) is 0 Å². The van der Waals surface area contributed by atoms with Crippen molar-refractivity contribution in [1.82, 2.24) is 20.1 Å². The Hall–Kier alpha value is -3.26. The van der Waals surface area contributed by atoms with Gasteiger partial charge in [0.2, 0.25) is 17.7 Å². The van der Waals surface area contributed by atoms with Gasteiger partial charge in [0.25, 0.3) is 0 Å². The number of likely N-dealkylation sites (tertiary alicyclic amines) is 1. The first-order valence-electron chi connectivity index (χ1n) is 9.20. The molecule has 3 heterocycles. The second kappa shape index (κ2) is 8.18. The van der Waals surface area contributed by atoms with Crippen LogP contribution in [-0.4, -0.2) is 38.6 Å². The third-order valence-electron chi connectivity index (χ3n) is 4.58. The highest BCUT2D eigenvalue weighted by atomic mass is 16.5. The highest BCUT2D eigenvalue weighted by Gasteiger charge is 2.32. The number of pyridine rings is 1. The summed E-state index contributed by atoms with van der Waals surface area (Å²) in [6.07, 6.45) is 5.04. The first-order valence-corrected chi connectivity index (χ1v) is 9.20. The third-order valence-corrected chi connectivity index (χ3v) is 4.58. The molecular formula is C20H21N5O3. The minimum Gasteiger partial charge on any atom is -0.454 e. The van der Waals surface area contributed by atoms with Gasteiger partial charge in [-0.2, -0.15) is 0 Å². The molecule has 1 fully saturated rings. The topological polar surface area (TPSA) is 93.4 Å². The Bertz CT molecular complexity index is 944. The van der Waals surface area contributed by atoms with Crippen LogP contribution < -0.4 is 10.1 Å². The van der Waals surface area contributed by atoms with E-state index in [4.69, 9.17) is 9.15 Å². The molecule has 1 N–H and O–H groups in total. The summed E-state index contributed by atoms with van der Waals surface area (Å²) in [7, 11) is 0. The van der Waals surface area contributed by atoms with Crippen LogP contribution in [0.3, 0.4) is 0 Å². The first-order chi connectivity index (χ1) is 13.7. The van der Waals surface area contributed by atoms with Crippen molar-refractivity contribution in [3.8, 4) is 11.5 Å². The molecule has 0 radical (unpaired) electrons. The van der Waals surface area contributed by atoms with Crippen molar-refractivity contribution in [2.24, 2.45) is 0 Å². The number of anilines is 1. The SMILES string of the molecule is Cc1nnc(CN2CCC[C@H]2C(=O)Nc2ccccc2Oc2cccnc2)o1. The lowest BCUT2D eigenvalue weighted by Gasteiger charge is -2.22. The molecule has 2 aromatic heterocycles. The normalized spacial score (nSPS) is 16.8. The standard InChI is InChI=1S/C20H21N5O3/c1-14-23-24-19(27-14)13-25-11-5-8-17(25)20(26)22-16-7-2-3-9-18(16)28-15-6-4-10-21-12-15/h2-4,6-7,9-10,12,17H,5,8,11,13H2,1H3,(H,22,26)/t17-/m0/s1. The fourth-order valence-corrected chi connectivity index (χ4v) is 3.30. The number of aromatic nitrogens is 3. The molecule has 8 heteroatoms. The molecule has 3 aromatic rings. The molecule has 0 unspecified atom stereocenters. The number of benzene rings is 1. The zero-order valence-electron chi connectivity index (χ0n) is 15.5. The van der Waals surface area contributed by atoms with Crippen LogP contribution in [0, 0.1) is 6.92 Å². The molecule has 0 aliphatic carbocycles. The molecule has 0 spiro atoms. The maximum atomic E-state index is 12.9. The number of nitrogens with one attached hydrogen (secondary N) is 1. The summed E-state index contributed by atoms with van der Waals surface area (Å²) in [5, 5.41) is 10.9. The van der Waals surface area contributed by atoms with Crippen molar-refractivity contribution in [3.63, 3.8) is 0 Å². The number of hydrogen-bond acceptors (Lipinski definition) is 7. The highest BCUT2D eigenvalue weighted by Crippen LogP contribution is 2.30. The fourth-order valence-electron chi connectivity index (χ4n) is 3.30. The molecule has 0 saturated carbocycles. The average molecular weight is 379 g/mol. The van der Waals surface area contributed by atoms with Crippen LogP contribution in [0.4, 0.5) is 5.69 Å². The number of hydrogen-bond donors (Lipinski definition) is 1. The Labute approximate surface area is 162 Å². The van der Waals surface area contributed by atoms with E-state index in [0.29, 0.717) is 35.5 Å². The lowest BCUT2D eigenvalue weighted by atomic mass is 10.2. The predicted molar refractivity (Wildman–Crippen MR) is 102 cm³/mol. The van der Waals surface area contributed by atoms with E-state index in [1.54, 1.807) is 25.4 Å². The molecule has 4 rings (SSSR count). The Morgan fingerprint density at radius 1 is 1.29 bits per heavy atom. The molecule has 1 aliphatic rings. The largest absolute Gasteiger partial charge is 0.454 e. The number of aryl methyl sites for hydroxylation is 1. The zero-order chi connectivity index (χ0) is 19.3. The predicted octanol–water partition coefficient (Wildman–Crippen LogP) is 3.17. The van der Waals surface area contributed by atoms with Crippen molar-refractivity contribution in [3.05, 3.63) is 60.6 Å². The summed E-state index contributed by atoms with van der Waals surface area (Å²) in [6, 6.07) is 10.7. The van der Waals surface area contributed by atoms with E-state index in [2.05, 4.69) is 25.4 Å². The van der Waals surface area contributed by atoms with Crippen molar-refractivity contribution in [2.75, 3.05) is 11.9 Å². The summed E-state index contributed by atoms with van der Waals surface area (Å²) in [6.45, 7) is 3.03. The van der Waals surface area contributed by atoms with Gasteiger partial charge in [0, 0.05) is 13.1 Å². The van der Waals surface area contributed by atoms with Gasteiger partial charge in [-0.15, -0.1) is 10.2 Å². The number of rotatable bonds is 6. The van der Waals surface area contributed by atoms with Gasteiger partial charge in [0.05, 0.1) is 24.5 Å². The van der Waals surface area contributed by atoms with Crippen molar-refractivity contribution < 1.29 is 13.9 Å². The van der Waals surface area contributed by atoms with Gasteiger partial charge in [-0.1, -0.05) is 12.1 Å². The van der Waals surface area contributed by atoms with E-state index in [1.165, 1.54) is 0 Å². The van der Waals surface area contributed by atoms with Crippen LogP contribution in [0.2, 0.25) is 0 Å². The third kappa shape index (κ3) is 4.17. The van der Waals surface area contributed by atoms with E-state index < -0.39 is 0 Å². The summed E-state index contributed by atoms with van der Waals surface area (Å²) in [5.74, 6) is 2.16. The summed E-state index contributed by atoms with van der Waals surface area (Å²) in [4.78, 5) is 19.0. The minimum atomic E-state index is -0.251. The number of ether oxygens (including phenoxy) is 1. The number of amides is 1. The Balaban J connectivity index is 1.45. The molecule has 28 heavy (non-hydrogen) atoms. The molecule has 1 aliphatic heterocycles. The number of nitrogens with zero attached hydrogens (tertiary/aromatic N) is 4. The quantitative estimate of drug-likeness (QED) is 0.703. The molecule has 1 atom stereocenters. The van der Waals surface area contributed by atoms with Gasteiger partial charge < -0.3 is 14.5 Å². The Kier molecular flexibility index (Phi) is 5.29. The smallest absolute Gasteiger partial charge is 0.241 e. The Morgan fingerprint density at radius 2 is 2.18 bits per heavy atom. The maximum Gasteiger partial charge on any atom is 0.241 e. The molecule has 8 nitrogen and oxygen atoms in total. The Morgan fingerprint density at radius 3 is 2.96 bits per heavy atom. The van der Waals surface area contributed by atoms with Crippen molar-refractivity contribution in [1.29, 1.82) is 0 Å². The number of carbonyl (C=O) groups excluding carboxylic acids is 1. The highest BCUT2D eigenvalue weighted by molar-refractivity contribution is 5.96. The summed E-state index contributed by atoms with van der Waals surface area (Å²) < 4.78 is 11.3. The van der Waals surface area contributed by atoms with Crippen LogP contribution in [0.25, 0.3) is 0 Å². The molecule has 0 bridgehead atoms. The van der Waals surface area contributed by atoms with E-state index in [9.17, 15) is 4.79 Å². The van der Waals surface area contributed by atoms with Crippen molar-refractivity contribution in [2.45, 2.75) is 32.4 Å². The van der Waals surface area contributed by atoms with E-state index in [1.807, 2.05) is 30.3 Å². The van der Waals surface area contributed by atoms with Gasteiger partial charge in [-0.3, -0.25) is 14.7 Å². The van der Waals surface area contributed by atoms with Gasteiger partial charge in [-0.05, 0) is 43.7 Å². The van der Waals surface area contributed by atoms with Crippen LogP contribution >= 0.6 is 0 Å². The minimum absolute atomic E-state index is 0.0732. The second-order valence-corrected chi connectivity index (χ2v) is 6.62. The lowest BCUT2D eigenvalue weighted by Crippen LogP contribution is -2.39. The van der Waals surface area contributed by atoms with Gasteiger partial charge in [0.1, 0.15) is 5.75 Å². The van der Waals surface area contributed by atoms with Gasteiger partial charge in [0.15, 0.2) is 5.75 Å². The maximum absolute atomic E-state index is 12.9. The summed E-state index contributed by atoms with van der Waals surface area (Å²) in [5.41, 5.74) is 0.622. The lowest BCUT2D eigenvalue weighted by molar-refractivity contribution is -0.120. The fraction of sp³-hybridized carbons (Fsp3) is 0.300. The van der Waals surface area contributed by atoms with Gasteiger partial charge >= 0.3 is 0 Å². The molecule has 144 valence electrons. The molecule has 1 aromatic carbocycles. The monoisotopic (exact) mass is 379 g/mol. The first kappa shape index (κ1) is 18.1. The second-order valence-electron chi connectivity index (χ2n) is 6.62. The van der Waals surface area contributed by atoms with E-state index in [-0.39, 0.29) is 11.9 Å². The summed E-state index contributed by atoms with van der Waals surface area (Å²) >= 11 is 0. The number of para-hydroxylation sites is 2. The van der Waals surface area contributed by atoms with Crippen LogP contribution in [0.15, 0.2) is 53.2 Å². The average Bonchev–Trinajstić information content (AvgIpc) is 3.33. The van der Waals surface area contributed by atoms with Crippen molar-refractivity contribution >= 4 is 11.6 Å².